The van der Waals surface area contributed by atoms with Gasteiger partial charge >= 0.3 is 5.92 Å². The molecule has 3 rings (SSSR count). The minimum Gasteiger partial charge on any atom is -0.394 e. The number of ether oxygens (including phenoxy) is 1. The van der Waals surface area contributed by atoms with Gasteiger partial charge in [-0.15, -0.1) is 0 Å². The Labute approximate surface area is 110 Å². The van der Waals surface area contributed by atoms with Crippen LogP contribution in [0.1, 0.15) is 6.23 Å². The largest absolute Gasteiger partial charge is 0.394 e. The molecule has 0 aliphatic carbocycles. The average Bonchev–Trinajstić information content (AvgIpc) is 2.92. The monoisotopic (exact) mass is 287 g/mol. The van der Waals surface area contributed by atoms with Crippen molar-refractivity contribution in [1.82, 2.24) is 19.5 Å². The number of aliphatic hydroxyl groups excluding tert-OH is 2. The van der Waals surface area contributed by atoms with Crippen LogP contribution < -0.4 is 5.73 Å². The van der Waals surface area contributed by atoms with E-state index in [0.717, 1.165) is 17.2 Å². The number of halogens is 2. The van der Waals surface area contributed by atoms with Crippen LogP contribution in [0.3, 0.4) is 0 Å². The Bertz CT molecular complexity index is 649. The lowest BCUT2D eigenvalue weighted by Crippen LogP contribution is -2.39. The molecule has 3 atom stereocenters. The number of hydrogen-bond donors (Lipinski definition) is 3. The summed E-state index contributed by atoms with van der Waals surface area (Å²) in [6, 6.07) is 0. The summed E-state index contributed by atoms with van der Waals surface area (Å²) in [6.45, 7) is -0.725. The molecule has 2 aromatic rings. The lowest BCUT2D eigenvalue weighted by Gasteiger charge is -2.20. The number of fused-ring (bicyclic) bond motifs is 1. The third-order valence-electron chi connectivity index (χ3n) is 3.20. The second kappa shape index (κ2) is 4.30. The van der Waals surface area contributed by atoms with Gasteiger partial charge in [-0.05, 0) is 0 Å². The predicted molar refractivity (Wildman–Crippen MR) is 61.7 cm³/mol. The van der Waals surface area contributed by atoms with Crippen LogP contribution in [0.2, 0.25) is 0 Å². The number of rotatable bonds is 2. The summed E-state index contributed by atoms with van der Waals surface area (Å²) < 4.78 is 34.0. The van der Waals surface area contributed by atoms with E-state index in [9.17, 15) is 13.9 Å². The third-order valence-corrected chi connectivity index (χ3v) is 3.20. The number of imidazole rings is 1. The van der Waals surface area contributed by atoms with Crippen molar-refractivity contribution in [3.05, 3.63) is 12.7 Å². The molecular weight excluding hydrogens is 276 g/mol. The minimum absolute atomic E-state index is 0.0503. The van der Waals surface area contributed by atoms with Crippen LogP contribution in [0.5, 0.6) is 0 Å². The topological polar surface area (TPSA) is 119 Å². The van der Waals surface area contributed by atoms with Gasteiger partial charge in [-0.25, -0.2) is 15.0 Å². The van der Waals surface area contributed by atoms with Crippen LogP contribution in [0.15, 0.2) is 12.7 Å². The SMILES string of the molecule is Nc1ncnc2c1ncn2[C@@H]1O[C@@H](CO)[C@H](O)C1(F)F. The highest BCUT2D eigenvalue weighted by Crippen LogP contribution is 2.43. The molecule has 0 unspecified atom stereocenters. The van der Waals surface area contributed by atoms with Crippen molar-refractivity contribution in [1.29, 1.82) is 0 Å². The van der Waals surface area contributed by atoms with Crippen molar-refractivity contribution < 1.29 is 23.7 Å². The summed E-state index contributed by atoms with van der Waals surface area (Å²) in [5.41, 5.74) is 5.80. The van der Waals surface area contributed by atoms with Crippen molar-refractivity contribution in [2.45, 2.75) is 24.4 Å². The first kappa shape index (κ1) is 13.1. The number of nitrogen functional groups attached to an aromatic ring is 1. The molecule has 4 N–H and O–H groups in total. The van der Waals surface area contributed by atoms with Crippen molar-refractivity contribution in [2.24, 2.45) is 0 Å². The lowest BCUT2D eigenvalue weighted by molar-refractivity contribution is -0.138. The maximum atomic E-state index is 14.0. The molecule has 0 aromatic carbocycles. The van der Waals surface area contributed by atoms with Crippen LogP contribution in [0, 0.1) is 0 Å². The van der Waals surface area contributed by atoms with Gasteiger partial charge in [0.2, 0.25) is 6.23 Å². The Morgan fingerprint density at radius 2 is 2.15 bits per heavy atom. The van der Waals surface area contributed by atoms with Gasteiger partial charge in [0.1, 0.15) is 17.9 Å². The number of hydrogen-bond acceptors (Lipinski definition) is 7. The van der Waals surface area contributed by atoms with Crippen molar-refractivity contribution >= 4 is 17.0 Å². The number of nitrogens with zero attached hydrogens (tertiary/aromatic N) is 4. The van der Waals surface area contributed by atoms with Gasteiger partial charge in [-0.1, -0.05) is 0 Å². The van der Waals surface area contributed by atoms with Crippen LogP contribution in [-0.4, -0.2) is 54.5 Å². The summed E-state index contributed by atoms with van der Waals surface area (Å²) in [6.07, 6.45) is -3.13. The second-order valence-corrected chi connectivity index (χ2v) is 4.41. The Morgan fingerprint density at radius 1 is 1.40 bits per heavy atom. The molecule has 2 aromatic heterocycles. The number of aliphatic hydroxyl groups is 2. The molecule has 8 nitrogen and oxygen atoms in total. The maximum Gasteiger partial charge on any atom is 0.320 e. The fourth-order valence-electron chi connectivity index (χ4n) is 2.16. The summed E-state index contributed by atoms with van der Waals surface area (Å²) in [5, 5.41) is 18.4. The van der Waals surface area contributed by atoms with E-state index in [0.29, 0.717) is 0 Å². The molecular formula is C10H11F2N5O3. The van der Waals surface area contributed by atoms with E-state index < -0.39 is 31.0 Å². The second-order valence-electron chi connectivity index (χ2n) is 4.41. The third kappa shape index (κ3) is 1.65. The van der Waals surface area contributed by atoms with Crippen LogP contribution in [0.25, 0.3) is 11.2 Å². The molecule has 0 spiro atoms. The molecule has 1 saturated heterocycles. The van der Waals surface area contributed by atoms with E-state index in [1.807, 2.05) is 0 Å². The highest BCUT2D eigenvalue weighted by molar-refractivity contribution is 5.81. The Morgan fingerprint density at radius 3 is 2.80 bits per heavy atom. The number of alkyl halides is 2. The van der Waals surface area contributed by atoms with Gasteiger partial charge in [0.05, 0.1) is 12.9 Å². The van der Waals surface area contributed by atoms with Crippen LogP contribution >= 0.6 is 0 Å². The first-order chi connectivity index (χ1) is 9.46. The van der Waals surface area contributed by atoms with Crippen molar-refractivity contribution in [3.63, 3.8) is 0 Å². The standard InChI is InChI=1S/C10H11F2N5O3/c11-10(12)6(19)4(1-18)20-9(10)17-3-16-5-7(13)14-2-15-8(5)17/h2-4,6,9,18-19H,1H2,(H2,13,14,15)/t4-,6-,9+/m0/s1. The minimum atomic E-state index is -3.60. The van der Waals surface area contributed by atoms with Gasteiger partial charge in [0, 0.05) is 0 Å². The number of nitrogens with two attached hydrogens (primary N) is 1. The summed E-state index contributed by atoms with van der Waals surface area (Å²) in [7, 11) is 0. The Hall–Kier alpha value is -1.91. The van der Waals surface area contributed by atoms with Gasteiger partial charge in [-0.2, -0.15) is 8.78 Å². The molecule has 1 aliphatic rings. The Balaban J connectivity index is 2.10. The molecule has 3 heterocycles. The van der Waals surface area contributed by atoms with Gasteiger partial charge in [-0.3, -0.25) is 4.57 Å². The Kier molecular flexibility index (Phi) is 2.81. The first-order valence-corrected chi connectivity index (χ1v) is 5.72. The van der Waals surface area contributed by atoms with E-state index in [4.69, 9.17) is 15.6 Å². The van der Waals surface area contributed by atoms with Gasteiger partial charge in [0.15, 0.2) is 17.6 Å². The van der Waals surface area contributed by atoms with Crippen molar-refractivity contribution in [2.75, 3.05) is 12.3 Å². The smallest absolute Gasteiger partial charge is 0.320 e. The van der Waals surface area contributed by atoms with Gasteiger partial charge in [0.25, 0.3) is 0 Å². The van der Waals surface area contributed by atoms with E-state index in [1.54, 1.807) is 0 Å². The number of anilines is 1. The van der Waals surface area contributed by atoms with E-state index in [-0.39, 0.29) is 17.0 Å². The molecule has 0 saturated carbocycles. The van der Waals surface area contributed by atoms with Crippen LogP contribution in [0.4, 0.5) is 14.6 Å². The molecule has 1 fully saturated rings. The normalized spacial score (nSPS) is 29.1. The maximum absolute atomic E-state index is 14.0. The highest BCUT2D eigenvalue weighted by Gasteiger charge is 2.59. The summed E-state index contributed by atoms with van der Waals surface area (Å²) in [5.74, 6) is -3.55. The molecule has 108 valence electrons. The summed E-state index contributed by atoms with van der Waals surface area (Å²) >= 11 is 0. The summed E-state index contributed by atoms with van der Waals surface area (Å²) in [4.78, 5) is 11.4. The quantitative estimate of drug-likeness (QED) is 0.667. The molecule has 0 bridgehead atoms. The molecule has 10 heteroatoms. The fourth-order valence-corrected chi connectivity index (χ4v) is 2.16. The fraction of sp³-hybridized carbons (Fsp3) is 0.500. The first-order valence-electron chi connectivity index (χ1n) is 5.72. The average molecular weight is 287 g/mol. The zero-order chi connectivity index (χ0) is 14.5. The molecule has 1 aliphatic heterocycles. The zero-order valence-electron chi connectivity index (χ0n) is 10.0. The predicted octanol–water partition coefficient (Wildman–Crippen LogP) is -0.706. The van der Waals surface area contributed by atoms with Crippen LogP contribution in [-0.2, 0) is 4.74 Å². The molecule has 0 amide bonds. The zero-order valence-corrected chi connectivity index (χ0v) is 10.0. The van der Waals surface area contributed by atoms with E-state index >= 15 is 0 Å². The van der Waals surface area contributed by atoms with Gasteiger partial charge < -0.3 is 20.7 Å². The van der Waals surface area contributed by atoms with E-state index in [1.165, 1.54) is 0 Å². The van der Waals surface area contributed by atoms with E-state index in [2.05, 4.69) is 15.0 Å². The van der Waals surface area contributed by atoms with Crippen molar-refractivity contribution in [3.8, 4) is 0 Å². The molecule has 0 radical (unpaired) electrons. The number of aromatic nitrogens is 4. The highest BCUT2D eigenvalue weighted by atomic mass is 19.3. The lowest BCUT2D eigenvalue weighted by atomic mass is 10.1. The molecule has 20 heavy (non-hydrogen) atoms.